The van der Waals surface area contributed by atoms with Gasteiger partial charge in [0.25, 0.3) is 5.91 Å². The number of thioether (sulfide) groups is 1. The molecular weight excluding hydrogens is 394 g/mol. The largest absolute Gasteiger partial charge is 0.315 e. The number of hydrogen-bond acceptors (Lipinski definition) is 3. The van der Waals surface area contributed by atoms with E-state index in [1.807, 2.05) is 13.8 Å². The van der Waals surface area contributed by atoms with Gasteiger partial charge < -0.3 is 9.80 Å². The standard InChI is InChI=1S/C22H22F2N2O2S/c1-14(2)11-20(27)26-9-10-29-22(26)18-12-17(24)7-8-19(18)25(21(22)28)13-15-3-5-16(23)6-4-15/h3-8,12,14H,9-11,13H2,1-2H3/t22-/m0/s1. The minimum absolute atomic E-state index is 0.0998. The molecule has 2 aromatic carbocycles. The van der Waals surface area contributed by atoms with Gasteiger partial charge in [0.15, 0.2) is 4.87 Å². The molecule has 2 aliphatic rings. The smallest absolute Gasteiger partial charge is 0.268 e. The minimum atomic E-state index is -1.23. The maximum Gasteiger partial charge on any atom is 0.268 e. The summed E-state index contributed by atoms with van der Waals surface area (Å²) in [6.45, 7) is 4.59. The number of halogens is 2. The van der Waals surface area contributed by atoms with E-state index in [9.17, 15) is 18.4 Å². The second-order valence-electron chi connectivity index (χ2n) is 7.82. The van der Waals surface area contributed by atoms with E-state index in [-0.39, 0.29) is 30.1 Å². The predicted molar refractivity (Wildman–Crippen MR) is 109 cm³/mol. The number of carbonyl (C=O) groups is 2. The van der Waals surface area contributed by atoms with Gasteiger partial charge in [-0.05, 0) is 41.8 Å². The van der Waals surface area contributed by atoms with Gasteiger partial charge in [-0.1, -0.05) is 26.0 Å². The normalized spacial score (nSPS) is 20.8. The maximum absolute atomic E-state index is 14.2. The average molecular weight is 416 g/mol. The maximum atomic E-state index is 14.2. The zero-order valence-corrected chi connectivity index (χ0v) is 17.1. The topological polar surface area (TPSA) is 40.6 Å². The van der Waals surface area contributed by atoms with E-state index < -0.39 is 10.7 Å². The van der Waals surface area contributed by atoms with Crippen molar-refractivity contribution in [2.75, 3.05) is 17.2 Å². The second kappa shape index (κ2) is 7.44. The second-order valence-corrected chi connectivity index (χ2v) is 9.10. The molecule has 2 aromatic rings. The van der Waals surface area contributed by atoms with E-state index in [0.29, 0.717) is 30.0 Å². The number of anilines is 1. The fourth-order valence-corrected chi connectivity index (χ4v) is 5.50. The Labute approximate surface area is 172 Å². The molecule has 2 aliphatic heterocycles. The van der Waals surface area contributed by atoms with Crippen molar-refractivity contribution in [1.29, 1.82) is 0 Å². The lowest BCUT2D eigenvalue weighted by molar-refractivity contribution is -0.140. The van der Waals surface area contributed by atoms with Crippen LogP contribution in [0, 0.1) is 17.6 Å². The van der Waals surface area contributed by atoms with Gasteiger partial charge in [-0.15, -0.1) is 11.8 Å². The van der Waals surface area contributed by atoms with Gasteiger partial charge >= 0.3 is 0 Å². The van der Waals surface area contributed by atoms with E-state index in [4.69, 9.17) is 0 Å². The summed E-state index contributed by atoms with van der Waals surface area (Å²) in [5.41, 5.74) is 1.87. The summed E-state index contributed by atoms with van der Waals surface area (Å²) in [5, 5.41) is 0. The number of carbonyl (C=O) groups excluding carboxylic acids is 2. The third-order valence-corrected chi connectivity index (χ3v) is 6.71. The summed E-state index contributed by atoms with van der Waals surface area (Å²) in [7, 11) is 0. The van der Waals surface area contributed by atoms with Gasteiger partial charge in [0, 0.05) is 24.3 Å². The Hall–Kier alpha value is -2.41. The number of benzene rings is 2. The molecule has 0 unspecified atom stereocenters. The van der Waals surface area contributed by atoms with E-state index in [2.05, 4.69) is 0 Å². The van der Waals surface area contributed by atoms with E-state index in [0.717, 1.165) is 5.56 Å². The van der Waals surface area contributed by atoms with Crippen molar-refractivity contribution in [3.05, 3.63) is 65.2 Å². The molecule has 2 heterocycles. The Balaban J connectivity index is 1.77. The van der Waals surface area contributed by atoms with Crippen molar-refractivity contribution in [2.24, 2.45) is 5.92 Å². The zero-order valence-electron chi connectivity index (χ0n) is 16.3. The monoisotopic (exact) mass is 416 g/mol. The van der Waals surface area contributed by atoms with Crippen molar-refractivity contribution in [3.63, 3.8) is 0 Å². The average Bonchev–Trinajstić information content (AvgIpc) is 3.20. The Bertz CT molecular complexity index is 964. The molecule has 152 valence electrons. The summed E-state index contributed by atoms with van der Waals surface area (Å²) in [5.74, 6) is -0.376. The van der Waals surface area contributed by atoms with Crippen LogP contribution in [0.4, 0.5) is 14.5 Å². The number of fused-ring (bicyclic) bond motifs is 2. The summed E-state index contributed by atoms with van der Waals surface area (Å²) < 4.78 is 27.5. The summed E-state index contributed by atoms with van der Waals surface area (Å²) in [4.78, 5) is 28.6. The van der Waals surface area contributed by atoms with Crippen molar-refractivity contribution >= 4 is 29.3 Å². The summed E-state index contributed by atoms with van der Waals surface area (Å²) >= 11 is 1.38. The van der Waals surface area contributed by atoms with Gasteiger partial charge in [-0.25, -0.2) is 8.78 Å². The summed E-state index contributed by atoms with van der Waals surface area (Å²) in [6.07, 6.45) is 0.332. The first kappa shape index (κ1) is 19.9. The van der Waals surface area contributed by atoms with Crippen LogP contribution >= 0.6 is 11.8 Å². The SMILES string of the molecule is CC(C)CC(=O)N1CCS[C@@]12C(=O)N(Cc1ccc(F)cc1)c1ccc(F)cc12. The van der Waals surface area contributed by atoms with Crippen LogP contribution in [0.15, 0.2) is 42.5 Å². The predicted octanol–water partition coefficient (Wildman–Crippen LogP) is 4.29. The highest BCUT2D eigenvalue weighted by atomic mass is 32.2. The number of hydrogen-bond donors (Lipinski definition) is 0. The molecule has 2 amide bonds. The lowest BCUT2D eigenvalue weighted by Crippen LogP contribution is -2.50. The van der Waals surface area contributed by atoms with Crippen molar-refractivity contribution in [1.82, 2.24) is 4.90 Å². The van der Waals surface area contributed by atoms with Crippen LogP contribution in [-0.2, 0) is 21.0 Å². The third kappa shape index (κ3) is 3.31. The van der Waals surface area contributed by atoms with Gasteiger partial charge in [0.05, 0.1) is 12.2 Å². The lowest BCUT2D eigenvalue weighted by atomic mass is 10.0. The first-order valence-corrected chi connectivity index (χ1v) is 10.6. The van der Waals surface area contributed by atoms with E-state index in [1.54, 1.807) is 28.0 Å². The molecule has 0 saturated carbocycles. The van der Waals surface area contributed by atoms with Crippen LogP contribution in [-0.4, -0.2) is 29.0 Å². The van der Waals surface area contributed by atoms with Crippen molar-refractivity contribution in [2.45, 2.75) is 31.7 Å². The van der Waals surface area contributed by atoms with E-state index in [1.165, 1.54) is 36.0 Å². The van der Waals surface area contributed by atoms with Crippen LogP contribution in [0.5, 0.6) is 0 Å². The van der Waals surface area contributed by atoms with Crippen molar-refractivity contribution < 1.29 is 18.4 Å². The molecule has 29 heavy (non-hydrogen) atoms. The highest BCUT2D eigenvalue weighted by Gasteiger charge is 2.59. The highest BCUT2D eigenvalue weighted by Crippen LogP contribution is 2.54. The molecule has 0 N–H and O–H groups in total. The Kier molecular flexibility index (Phi) is 5.11. The van der Waals surface area contributed by atoms with Gasteiger partial charge in [-0.3, -0.25) is 9.59 Å². The minimum Gasteiger partial charge on any atom is -0.315 e. The molecule has 4 rings (SSSR count). The number of nitrogens with zero attached hydrogens (tertiary/aromatic N) is 2. The molecule has 0 radical (unpaired) electrons. The molecule has 4 nitrogen and oxygen atoms in total. The first-order valence-electron chi connectivity index (χ1n) is 9.64. The van der Waals surface area contributed by atoms with Gasteiger partial charge in [0.1, 0.15) is 11.6 Å². The fraction of sp³-hybridized carbons (Fsp3) is 0.364. The quantitative estimate of drug-likeness (QED) is 0.747. The molecular formula is C22H22F2N2O2S. The third-order valence-electron chi connectivity index (χ3n) is 5.29. The Morgan fingerprint density at radius 1 is 1.14 bits per heavy atom. The number of rotatable bonds is 4. The van der Waals surface area contributed by atoms with E-state index >= 15 is 0 Å². The summed E-state index contributed by atoms with van der Waals surface area (Å²) in [6, 6.07) is 10.2. The number of amides is 2. The fourth-order valence-electron chi connectivity index (χ4n) is 4.03. The van der Waals surface area contributed by atoms with Crippen LogP contribution in [0.3, 0.4) is 0 Å². The lowest BCUT2D eigenvalue weighted by Gasteiger charge is -2.33. The Morgan fingerprint density at radius 3 is 2.52 bits per heavy atom. The molecule has 0 aromatic heterocycles. The molecule has 0 bridgehead atoms. The van der Waals surface area contributed by atoms with Crippen LogP contribution < -0.4 is 4.90 Å². The molecule has 1 fully saturated rings. The van der Waals surface area contributed by atoms with Crippen molar-refractivity contribution in [3.8, 4) is 0 Å². The molecule has 0 aliphatic carbocycles. The first-order chi connectivity index (χ1) is 13.8. The van der Waals surface area contributed by atoms with Crippen LogP contribution in [0.25, 0.3) is 0 Å². The molecule has 1 spiro atoms. The highest BCUT2D eigenvalue weighted by molar-refractivity contribution is 8.01. The van der Waals surface area contributed by atoms with Crippen LogP contribution in [0.1, 0.15) is 31.4 Å². The van der Waals surface area contributed by atoms with Gasteiger partial charge in [0.2, 0.25) is 5.91 Å². The Morgan fingerprint density at radius 2 is 1.83 bits per heavy atom. The zero-order chi connectivity index (χ0) is 20.8. The molecule has 1 atom stereocenters. The van der Waals surface area contributed by atoms with Crippen LogP contribution in [0.2, 0.25) is 0 Å². The van der Waals surface area contributed by atoms with Gasteiger partial charge in [-0.2, -0.15) is 0 Å². The molecule has 1 saturated heterocycles. The molecule has 7 heteroatoms.